The van der Waals surface area contributed by atoms with Crippen LogP contribution in [-0.2, 0) is 6.54 Å². The number of rotatable bonds is 5. The van der Waals surface area contributed by atoms with E-state index in [4.69, 9.17) is 5.11 Å². The number of amides is 1. The van der Waals surface area contributed by atoms with Crippen LogP contribution in [0.4, 0.5) is 0 Å². The second-order valence-corrected chi connectivity index (χ2v) is 4.23. The number of carbonyl (C=O) groups excluding carboxylic acids is 1. The molecule has 1 heterocycles. The summed E-state index contributed by atoms with van der Waals surface area (Å²) in [6, 6.07) is 2.47. The third-order valence-corrected chi connectivity index (χ3v) is 2.77. The molecule has 0 spiro atoms. The second-order valence-electron chi connectivity index (χ2n) is 4.23. The molecular formula is C12H19N3O3. The zero-order chi connectivity index (χ0) is 13.7. The molecule has 6 nitrogen and oxygen atoms in total. The third-order valence-electron chi connectivity index (χ3n) is 2.77. The highest BCUT2D eigenvalue weighted by Gasteiger charge is 2.18. The van der Waals surface area contributed by atoms with Gasteiger partial charge in [0.25, 0.3) is 11.5 Å². The maximum Gasteiger partial charge on any atom is 0.274 e. The predicted molar refractivity (Wildman–Crippen MR) is 67.4 cm³/mol. The number of nitrogens with zero attached hydrogens (tertiary/aromatic N) is 3. The first-order valence-electron chi connectivity index (χ1n) is 5.97. The highest BCUT2D eigenvalue weighted by Crippen LogP contribution is 2.02. The van der Waals surface area contributed by atoms with Crippen LogP contribution in [0.5, 0.6) is 0 Å². The first-order valence-corrected chi connectivity index (χ1v) is 5.97. The molecule has 1 aromatic heterocycles. The van der Waals surface area contributed by atoms with Gasteiger partial charge in [-0.05, 0) is 19.4 Å². The first-order chi connectivity index (χ1) is 8.51. The SMILES string of the molecule is CCCn1nc(C(=O)N(C)C(C)CO)ccc1=O. The van der Waals surface area contributed by atoms with E-state index in [0.717, 1.165) is 6.42 Å². The summed E-state index contributed by atoms with van der Waals surface area (Å²) >= 11 is 0. The van der Waals surface area contributed by atoms with Gasteiger partial charge in [0.2, 0.25) is 0 Å². The van der Waals surface area contributed by atoms with Crippen molar-refractivity contribution in [1.82, 2.24) is 14.7 Å². The fourth-order valence-corrected chi connectivity index (χ4v) is 1.44. The smallest absolute Gasteiger partial charge is 0.274 e. The van der Waals surface area contributed by atoms with Crippen molar-refractivity contribution in [3.05, 3.63) is 28.2 Å². The van der Waals surface area contributed by atoms with Crippen LogP contribution in [0.25, 0.3) is 0 Å². The average molecular weight is 253 g/mol. The Hall–Kier alpha value is -1.69. The molecule has 100 valence electrons. The van der Waals surface area contributed by atoms with E-state index in [1.54, 1.807) is 14.0 Å². The summed E-state index contributed by atoms with van der Waals surface area (Å²) in [6.07, 6.45) is 0.771. The molecule has 0 saturated carbocycles. The number of hydrogen-bond acceptors (Lipinski definition) is 4. The molecule has 1 amide bonds. The Morgan fingerprint density at radius 3 is 2.78 bits per heavy atom. The van der Waals surface area contributed by atoms with Crippen LogP contribution in [0.1, 0.15) is 30.8 Å². The van der Waals surface area contributed by atoms with Crippen molar-refractivity contribution >= 4 is 5.91 Å². The summed E-state index contributed by atoms with van der Waals surface area (Å²) in [5, 5.41) is 13.0. The molecular weight excluding hydrogens is 234 g/mol. The molecule has 1 aromatic rings. The molecule has 0 aliphatic heterocycles. The molecule has 0 aromatic carbocycles. The minimum atomic E-state index is -0.304. The lowest BCUT2D eigenvalue weighted by Crippen LogP contribution is -2.38. The Morgan fingerprint density at radius 1 is 1.56 bits per heavy atom. The van der Waals surface area contributed by atoms with Gasteiger partial charge in [0, 0.05) is 19.7 Å². The zero-order valence-corrected chi connectivity index (χ0v) is 11.0. The first kappa shape index (κ1) is 14.4. The number of aryl methyl sites for hydroxylation is 1. The Balaban J connectivity index is 2.99. The fourth-order valence-electron chi connectivity index (χ4n) is 1.44. The van der Waals surface area contributed by atoms with Gasteiger partial charge >= 0.3 is 0 Å². The van der Waals surface area contributed by atoms with Crippen LogP contribution in [0.15, 0.2) is 16.9 Å². The number of hydrogen-bond donors (Lipinski definition) is 1. The molecule has 0 radical (unpaired) electrons. The summed E-state index contributed by atoms with van der Waals surface area (Å²) in [6.45, 7) is 4.04. The van der Waals surface area contributed by atoms with Gasteiger partial charge in [-0.15, -0.1) is 0 Å². The van der Waals surface area contributed by atoms with Gasteiger partial charge in [-0.2, -0.15) is 5.10 Å². The van der Waals surface area contributed by atoms with Gasteiger partial charge in [-0.25, -0.2) is 4.68 Å². The van der Waals surface area contributed by atoms with Crippen LogP contribution >= 0.6 is 0 Å². The summed E-state index contributed by atoms with van der Waals surface area (Å²) in [5.74, 6) is -0.304. The van der Waals surface area contributed by atoms with Crippen molar-refractivity contribution in [1.29, 1.82) is 0 Å². The van der Waals surface area contributed by atoms with Gasteiger partial charge in [-0.3, -0.25) is 9.59 Å². The summed E-state index contributed by atoms with van der Waals surface area (Å²) in [4.78, 5) is 24.9. The molecule has 1 rings (SSSR count). The second kappa shape index (κ2) is 6.30. The van der Waals surface area contributed by atoms with Gasteiger partial charge in [0.1, 0.15) is 5.69 Å². The van der Waals surface area contributed by atoms with Gasteiger partial charge in [-0.1, -0.05) is 6.92 Å². The summed E-state index contributed by atoms with van der Waals surface area (Å²) in [7, 11) is 1.60. The minimum Gasteiger partial charge on any atom is -0.394 e. The lowest BCUT2D eigenvalue weighted by molar-refractivity contribution is 0.0673. The number of aromatic nitrogens is 2. The molecule has 0 saturated heterocycles. The van der Waals surface area contributed by atoms with Gasteiger partial charge < -0.3 is 10.0 Å². The van der Waals surface area contributed by atoms with Crippen molar-refractivity contribution < 1.29 is 9.90 Å². The van der Waals surface area contributed by atoms with Crippen LogP contribution in [0.3, 0.4) is 0 Å². The number of aliphatic hydroxyl groups excluding tert-OH is 1. The Labute approximate surface area is 106 Å². The monoisotopic (exact) mass is 253 g/mol. The van der Waals surface area contributed by atoms with E-state index in [1.165, 1.54) is 21.7 Å². The molecule has 18 heavy (non-hydrogen) atoms. The number of carbonyl (C=O) groups is 1. The molecule has 0 aliphatic carbocycles. The van der Waals surface area contributed by atoms with E-state index in [0.29, 0.717) is 6.54 Å². The molecule has 1 atom stereocenters. The van der Waals surface area contributed by atoms with Crippen molar-refractivity contribution in [3.8, 4) is 0 Å². The van der Waals surface area contributed by atoms with E-state index < -0.39 is 0 Å². The van der Waals surface area contributed by atoms with Crippen LogP contribution in [0, 0.1) is 0 Å². The molecule has 6 heteroatoms. The van der Waals surface area contributed by atoms with Crippen molar-refractivity contribution in [2.75, 3.05) is 13.7 Å². The van der Waals surface area contributed by atoms with E-state index in [2.05, 4.69) is 5.10 Å². The summed E-state index contributed by atoms with van der Waals surface area (Å²) < 4.78 is 1.28. The van der Waals surface area contributed by atoms with E-state index in [1.807, 2.05) is 6.92 Å². The largest absolute Gasteiger partial charge is 0.394 e. The number of aliphatic hydroxyl groups is 1. The highest BCUT2D eigenvalue weighted by molar-refractivity contribution is 5.92. The average Bonchev–Trinajstić information content (AvgIpc) is 2.39. The van der Waals surface area contributed by atoms with Crippen molar-refractivity contribution in [2.24, 2.45) is 0 Å². The maximum atomic E-state index is 12.0. The Kier molecular flexibility index (Phi) is 5.03. The van der Waals surface area contributed by atoms with Crippen LogP contribution in [0.2, 0.25) is 0 Å². The van der Waals surface area contributed by atoms with Crippen molar-refractivity contribution in [2.45, 2.75) is 32.9 Å². The van der Waals surface area contributed by atoms with Crippen molar-refractivity contribution in [3.63, 3.8) is 0 Å². The zero-order valence-electron chi connectivity index (χ0n) is 11.0. The van der Waals surface area contributed by atoms with Crippen LogP contribution in [-0.4, -0.2) is 45.4 Å². The van der Waals surface area contributed by atoms with E-state index in [-0.39, 0.29) is 29.8 Å². The minimum absolute atomic E-state index is 0.114. The topological polar surface area (TPSA) is 75.4 Å². The van der Waals surface area contributed by atoms with E-state index >= 15 is 0 Å². The van der Waals surface area contributed by atoms with E-state index in [9.17, 15) is 9.59 Å². The molecule has 1 unspecified atom stereocenters. The Morgan fingerprint density at radius 2 is 2.22 bits per heavy atom. The predicted octanol–water partition coefficient (Wildman–Crippen LogP) is 0.106. The third kappa shape index (κ3) is 3.16. The standard InChI is InChI=1S/C12H19N3O3/c1-4-7-15-11(17)6-5-10(13-15)12(18)14(3)9(2)8-16/h5-6,9,16H,4,7-8H2,1-3H3. The quantitative estimate of drug-likeness (QED) is 0.808. The normalized spacial score (nSPS) is 12.2. The molecule has 1 N–H and O–H groups in total. The molecule has 0 bridgehead atoms. The lowest BCUT2D eigenvalue weighted by Gasteiger charge is -2.22. The summed E-state index contributed by atoms with van der Waals surface area (Å²) in [5.41, 5.74) is -0.00268. The maximum absolute atomic E-state index is 12.0. The molecule has 0 aliphatic rings. The van der Waals surface area contributed by atoms with Gasteiger partial charge in [0.05, 0.1) is 12.6 Å². The number of likely N-dealkylation sites (N-methyl/N-ethyl adjacent to an activating group) is 1. The Bertz CT molecular complexity index is 470. The lowest BCUT2D eigenvalue weighted by atomic mass is 10.2. The molecule has 0 fully saturated rings. The van der Waals surface area contributed by atoms with Crippen LogP contribution < -0.4 is 5.56 Å². The fraction of sp³-hybridized carbons (Fsp3) is 0.583. The van der Waals surface area contributed by atoms with Gasteiger partial charge in [0.15, 0.2) is 0 Å². The highest BCUT2D eigenvalue weighted by atomic mass is 16.3.